The van der Waals surface area contributed by atoms with E-state index >= 15 is 8.78 Å². The molecule has 3 aromatic rings. The van der Waals surface area contributed by atoms with Gasteiger partial charge in [0.2, 0.25) is 0 Å². The molecule has 2 heterocycles. The highest BCUT2D eigenvalue weighted by Gasteiger charge is 2.35. The predicted octanol–water partition coefficient (Wildman–Crippen LogP) is 6.36. The van der Waals surface area contributed by atoms with Gasteiger partial charge in [-0.25, -0.2) is 18.0 Å². The molecule has 0 radical (unpaired) electrons. The van der Waals surface area contributed by atoms with Crippen LogP contribution in [-0.4, -0.2) is 70.8 Å². The molecule has 2 fully saturated rings. The summed E-state index contributed by atoms with van der Waals surface area (Å²) < 4.78 is 51.5. The Kier molecular flexibility index (Phi) is 9.24. The Labute approximate surface area is 269 Å². The van der Waals surface area contributed by atoms with E-state index in [9.17, 15) is 24.3 Å². The number of ether oxygens (including phenoxy) is 1. The highest BCUT2D eigenvalue weighted by molar-refractivity contribution is 7.18. The molecule has 0 spiro atoms. The van der Waals surface area contributed by atoms with E-state index in [4.69, 9.17) is 10.5 Å². The molecule has 1 saturated heterocycles. The number of amides is 2. The molecule has 0 unspecified atom stereocenters. The number of nitrogens with two attached hydrogens (primary N) is 1. The molecule has 4 N–H and O–H groups in total. The Hall–Kier alpha value is -4.28. The first kappa shape index (κ1) is 33.1. The number of nitrogens with one attached hydrogen (secondary N) is 1. The second-order valence-electron chi connectivity index (χ2n) is 12.7. The lowest BCUT2D eigenvalue weighted by molar-refractivity contribution is -0.0202. The Morgan fingerprint density at radius 2 is 1.74 bits per heavy atom. The Balaban J connectivity index is 1.49. The van der Waals surface area contributed by atoms with Gasteiger partial charge in [-0.15, -0.1) is 11.3 Å². The maximum atomic E-state index is 15.8. The van der Waals surface area contributed by atoms with Crippen LogP contribution in [0.25, 0.3) is 21.6 Å². The topological polar surface area (TPSA) is 132 Å². The molecular weight excluding hydrogens is 619 g/mol. The van der Waals surface area contributed by atoms with E-state index in [-0.39, 0.29) is 63.0 Å². The number of anilines is 2. The number of nitriles is 1. The fourth-order valence-corrected chi connectivity index (χ4v) is 6.63. The number of carbonyl (C=O) groups is 2. The molecule has 0 atom stereocenters. The molecule has 9 nitrogen and oxygen atoms in total. The van der Waals surface area contributed by atoms with E-state index in [1.165, 1.54) is 24.3 Å². The minimum Gasteiger partial charge on any atom is -0.444 e. The number of halogens is 3. The zero-order valence-electron chi connectivity index (χ0n) is 25.9. The van der Waals surface area contributed by atoms with Crippen LogP contribution in [0.3, 0.4) is 0 Å². The van der Waals surface area contributed by atoms with E-state index in [0.29, 0.717) is 32.4 Å². The molecule has 5 rings (SSSR count). The molecule has 2 aliphatic rings. The lowest BCUT2D eigenvalue weighted by atomic mass is 9.80. The van der Waals surface area contributed by atoms with Crippen LogP contribution in [-0.2, 0) is 4.74 Å². The molecule has 13 heteroatoms. The molecule has 46 heavy (non-hydrogen) atoms. The number of rotatable bonds is 6. The highest BCUT2D eigenvalue weighted by Crippen LogP contribution is 2.44. The second kappa shape index (κ2) is 12.8. The number of thiophene rings is 1. The average Bonchev–Trinajstić information content (AvgIpc) is 3.26. The Bertz CT molecular complexity index is 1710. The number of benzene rings is 2. The van der Waals surface area contributed by atoms with Crippen molar-refractivity contribution in [1.82, 2.24) is 9.80 Å². The molecule has 2 aromatic carbocycles. The molecule has 2 amide bonds. The summed E-state index contributed by atoms with van der Waals surface area (Å²) in [6.45, 7) is 6.52. The van der Waals surface area contributed by atoms with Crippen molar-refractivity contribution in [2.45, 2.75) is 57.7 Å². The molecule has 1 aliphatic carbocycles. The van der Waals surface area contributed by atoms with Crippen molar-refractivity contribution in [1.29, 1.82) is 5.26 Å². The number of nitrogens with zero attached hydrogens (tertiary/aromatic N) is 3. The lowest BCUT2D eigenvalue weighted by Gasteiger charge is -2.37. The predicted molar refractivity (Wildman–Crippen MR) is 170 cm³/mol. The van der Waals surface area contributed by atoms with E-state index in [1.807, 2.05) is 0 Å². The summed E-state index contributed by atoms with van der Waals surface area (Å²) in [5, 5.41) is 22.4. The highest BCUT2D eigenvalue weighted by atomic mass is 32.1. The van der Waals surface area contributed by atoms with Crippen LogP contribution in [0.2, 0.25) is 0 Å². The van der Waals surface area contributed by atoms with Gasteiger partial charge in [0.25, 0.3) is 5.91 Å². The van der Waals surface area contributed by atoms with Crippen LogP contribution in [0.5, 0.6) is 0 Å². The summed E-state index contributed by atoms with van der Waals surface area (Å²) in [6, 6.07) is 8.35. The van der Waals surface area contributed by atoms with Gasteiger partial charge in [0.1, 0.15) is 17.5 Å². The third kappa shape index (κ3) is 6.93. The summed E-state index contributed by atoms with van der Waals surface area (Å²) in [5.74, 6) is -3.67. The first-order chi connectivity index (χ1) is 21.7. The summed E-state index contributed by atoms with van der Waals surface area (Å²) >= 11 is 0.908. The van der Waals surface area contributed by atoms with Crippen molar-refractivity contribution in [2.75, 3.05) is 43.8 Å². The minimum absolute atomic E-state index is 0.00151. The monoisotopic (exact) mass is 655 g/mol. The van der Waals surface area contributed by atoms with Gasteiger partial charge in [-0.1, -0.05) is 6.07 Å². The molecule has 0 bridgehead atoms. The van der Waals surface area contributed by atoms with Gasteiger partial charge in [-0.2, -0.15) is 5.26 Å². The second-order valence-corrected chi connectivity index (χ2v) is 13.8. The Morgan fingerprint density at radius 1 is 1.04 bits per heavy atom. The van der Waals surface area contributed by atoms with Gasteiger partial charge in [0.05, 0.1) is 27.4 Å². The van der Waals surface area contributed by atoms with Gasteiger partial charge in [-0.3, -0.25) is 4.79 Å². The fraction of sp³-hybridized carbons (Fsp3) is 0.424. The number of nitrogen functional groups attached to an aromatic ring is 1. The maximum Gasteiger partial charge on any atom is 0.410 e. The maximum absolute atomic E-state index is 15.8. The average molecular weight is 656 g/mol. The number of hydrogen-bond acceptors (Lipinski definition) is 8. The smallest absolute Gasteiger partial charge is 0.410 e. The van der Waals surface area contributed by atoms with Crippen LogP contribution < -0.4 is 11.1 Å². The molecule has 1 aromatic heterocycles. The number of aliphatic hydroxyl groups is 1. The van der Waals surface area contributed by atoms with E-state index in [0.717, 1.165) is 23.8 Å². The van der Waals surface area contributed by atoms with Gasteiger partial charge < -0.3 is 30.7 Å². The van der Waals surface area contributed by atoms with Crippen molar-refractivity contribution in [3.63, 3.8) is 0 Å². The summed E-state index contributed by atoms with van der Waals surface area (Å²) in [4.78, 5) is 29.9. The van der Waals surface area contributed by atoms with E-state index in [1.54, 1.807) is 36.6 Å². The first-order valence-electron chi connectivity index (χ1n) is 15.0. The third-order valence-corrected chi connectivity index (χ3v) is 9.29. The summed E-state index contributed by atoms with van der Waals surface area (Å²) in [6.07, 6.45) is 1.93. The van der Waals surface area contributed by atoms with Crippen LogP contribution in [0.4, 0.5) is 29.3 Å². The van der Waals surface area contributed by atoms with Crippen molar-refractivity contribution < 1.29 is 32.6 Å². The van der Waals surface area contributed by atoms with Crippen molar-refractivity contribution >= 4 is 34.7 Å². The minimum atomic E-state index is -1.24. The number of carbonyl (C=O) groups excluding carboxylic acids is 2. The van der Waals surface area contributed by atoms with Gasteiger partial charge in [-0.05, 0) is 76.3 Å². The SMILES string of the molecule is CC(C)(C)OC(=O)N1CCCN(C(=O)c2cc(-c3ccc(C#N)c(F)c3)c(-c3cc(N)c(NCC4(O)CCC4)c(F)c3F)s2)CC1. The quantitative estimate of drug-likeness (QED) is 0.263. The lowest BCUT2D eigenvalue weighted by Crippen LogP contribution is -2.43. The standard InChI is InChI=1S/C33H36F3N5O4S/c1-32(2,3)45-31(43)41-11-5-10-40(12-13-41)30(42)25-16-21(19-6-7-20(17-37)23(34)14-19)29(46-25)22-15-24(38)28(27(36)26(22)35)39-18-33(44)8-4-9-33/h6-7,14-16,39,44H,4-5,8-13,18,38H2,1-3H3. The van der Waals surface area contributed by atoms with Crippen molar-refractivity contribution in [3.05, 3.63) is 58.2 Å². The molecule has 1 saturated carbocycles. The molecule has 244 valence electrons. The van der Waals surface area contributed by atoms with E-state index in [2.05, 4.69) is 5.32 Å². The van der Waals surface area contributed by atoms with Crippen molar-refractivity contribution in [3.8, 4) is 27.6 Å². The fourth-order valence-electron chi connectivity index (χ4n) is 5.47. The number of hydrogen-bond donors (Lipinski definition) is 3. The van der Waals surface area contributed by atoms with Crippen LogP contribution in [0, 0.1) is 28.8 Å². The van der Waals surface area contributed by atoms with Gasteiger partial charge in [0.15, 0.2) is 11.6 Å². The molecule has 1 aliphatic heterocycles. The zero-order chi connectivity index (χ0) is 33.4. The van der Waals surface area contributed by atoms with Crippen LogP contribution in [0.1, 0.15) is 61.7 Å². The first-order valence-corrected chi connectivity index (χ1v) is 15.9. The third-order valence-electron chi connectivity index (χ3n) is 8.14. The van der Waals surface area contributed by atoms with Crippen LogP contribution >= 0.6 is 11.3 Å². The van der Waals surface area contributed by atoms with Gasteiger partial charge >= 0.3 is 6.09 Å². The Morgan fingerprint density at radius 3 is 2.37 bits per heavy atom. The zero-order valence-corrected chi connectivity index (χ0v) is 26.7. The summed E-state index contributed by atoms with van der Waals surface area (Å²) in [5.41, 5.74) is 4.21. The van der Waals surface area contributed by atoms with E-state index < -0.39 is 40.7 Å². The van der Waals surface area contributed by atoms with Crippen LogP contribution in [0.15, 0.2) is 30.3 Å². The summed E-state index contributed by atoms with van der Waals surface area (Å²) in [7, 11) is 0. The molecular formula is C33H36F3N5O4S. The largest absolute Gasteiger partial charge is 0.444 e. The van der Waals surface area contributed by atoms with Crippen molar-refractivity contribution in [2.24, 2.45) is 0 Å². The normalized spacial score (nSPS) is 16.3. The van der Waals surface area contributed by atoms with Gasteiger partial charge in [0, 0.05) is 48.7 Å².